The Bertz CT molecular complexity index is 570. The molecule has 0 aliphatic carbocycles. The van der Waals surface area contributed by atoms with Crippen LogP contribution < -0.4 is 11.1 Å². The van der Waals surface area contributed by atoms with Gasteiger partial charge in [-0.05, 0) is 20.8 Å². The number of oxazole rings is 1. The number of aryl methyl sites for hydroxylation is 1. The number of nitrogen functional groups attached to an aromatic ring is 1. The monoisotopic (exact) mass is 277 g/mol. The molecule has 2 rings (SSSR count). The standard InChI is InChI=1S/C13H19N5O2/c1-4-19-7-12-17-10(14)5-11(18-12)16-9(3)13-15-6-8(2)20-13/h5-6,9H,4,7H2,1-3H3,(H3,14,16,17,18). The van der Waals surface area contributed by atoms with Crippen molar-refractivity contribution in [2.24, 2.45) is 0 Å². The lowest BCUT2D eigenvalue weighted by Crippen LogP contribution is -2.11. The zero-order valence-electron chi connectivity index (χ0n) is 11.9. The van der Waals surface area contributed by atoms with Gasteiger partial charge in [-0.3, -0.25) is 0 Å². The van der Waals surface area contributed by atoms with Crippen LogP contribution in [-0.4, -0.2) is 21.6 Å². The van der Waals surface area contributed by atoms with Gasteiger partial charge in [-0.2, -0.15) is 0 Å². The quantitative estimate of drug-likeness (QED) is 0.833. The fourth-order valence-electron chi connectivity index (χ4n) is 1.71. The van der Waals surface area contributed by atoms with Gasteiger partial charge in [0, 0.05) is 12.7 Å². The van der Waals surface area contributed by atoms with Crippen molar-refractivity contribution in [2.75, 3.05) is 17.7 Å². The SMILES string of the molecule is CCOCc1nc(N)cc(NC(C)c2ncc(C)o2)n1. The Hall–Kier alpha value is -2.15. The summed E-state index contributed by atoms with van der Waals surface area (Å²) in [5.41, 5.74) is 5.76. The number of hydrogen-bond donors (Lipinski definition) is 2. The first-order valence-electron chi connectivity index (χ1n) is 6.48. The molecule has 1 atom stereocenters. The predicted octanol–water partition coefficient (Wildman–Crippen LogP) is 2.06. The molecular weight excluding hydrogens is 258 g/mol. The van der Waals surface area contributed by atoms with E-state index in [0.29, 0.717) is 36.6 Å². The van der Waals surface area contributed by atoms with E-state index in [2.05, 4.69) is 20.3 Å². The third-order valence-corrected chi connectivity index (χ3v) is 2.60. The first-order chi connectivity index (χ1) is 9.58. The van der Waals surface area contributed by atoms with Gasteiger partial charge in [0.15, 0.2) is 5.82 Å². The molecule has 0 radical (unpaired) electrons. The number of hydrogen-bond acceptors (Lipinski definition) is 7. The van der Waals surface area contributed by atoms with E-state index in [1.54, 1.807) is 12.3 Å². The molecule has 0 amide bonds. The van der Waals surface area contributed by atoms with Gasteiger partial charge >= 0.3 is 0 Å². The van der Waals surface area contributed by atoms with Crippen LogP contribution in [0, 0.1) is 6.92 Å². The number of rotatable bonds is 6. The maximum absolute atomic E-state index is 5.76. The van der Waals surface area contributed by atoms with Crippen molar-refractivity contribution in [1.82, 2.24) is 15.0 Å². The Morgan fingerprint density at radius 2 is 2.25 bits per heavy atom. The van der Waals surface area contributed by atoms with Gasteiger partial charge in [0.05, 0.1) is 6.20 Å². The second-order valence-corrected chi connectivity index (χ2v) is 4.41. The molecule has 0 fully saturated rings. The van der Waals surface area contributed by atoms with Crippen molar-refractivity contribution in [3.05, 3.63) is 29.7 Å². The Kier molecular flexibility index (Phi) is 4.52. The molecule has 108 valence electrons. The average molecular weight is 277 g/mol. The summed E-state index contributed by atoms with van der Waals surface area (Å²) in [5.74, 6) is 2.94. The molecule has 0 aliphatic rings. The van der Waals surface area contributed by atoms with Crippen molar-refractivity contribution < 1.29 is 9.15 Å². The number of aromatic nitrogens is 3. The normalized spacial score (nSPS) is 12.3. The van der Waals surface area contributed by atoms with Crippen LogP contribution in [0.2, 0.25) is 0 Å². The molecule has 7 nitrogen and oxygen atoms in total. The molecule has 2 aromatic rings. The topological polar surface area (TPSA) is 99.1 Å². The highest BCUT2D eigenvalue weighted by Gasteiger charge is 2.13. The third kappa shape index (κ3) is 3.67. The minimum Gasteiger partial charge on any atom is -0.444 e. The van der Waals surface area contributed by atoms with Gasteiger partial charge in [-0.25, -0.2) is 15.0 Å². The maximum atomic E-state index is 5.76. The zero-order valence-corrected chi connectivity index (χ0v) is 11.9. The lowest BCUT2D eigenvalue weighted by atomic mass is 10.3. The number of nitrogens with one attached hydrogen (secondary N) is 1. The van der Waals surface area contributed by atoms with Gasteiger partial charge < -0.3 is 20.2 Å². The highest BCUT2D eigenvalue weighted by molar-refractivity contribution is 5.45. The van der Waals surface area contributed by atoms with E-state index in [-0.39, 0.29) is 6.04 Å². The molecule has 2 heterocycles. The van der Waals surface area contributed by atoms with Gasteiger partial charge in [0.1, 0.15) is 30.0 Å². The summed E-state index contributed by atoms with van der Waals surface area (Å²) < 4.78 is 10.8. The Morgan fingerprint density at radius 3 is 2.90 bits per heavy atom. The summed E-state index contributed by atoms with van der Waals surface area (Å²) in [6, 6.07) is 1.56. The fraction of sp³-hybridized carbons (Fsp3) is 0.462. The molecule has 2 aromatic heterocycles. The summed E-state index contributed by atoms with van der Waals surface area (Å²) >= 11 is 0. The minimum absolute atomic E-state index is 0.113. The molecule has 0 aromatic carbocycles. The number of nitrogens with two attached hydrogens (primary N) is 1. The van der Waals surface area contributed by atoms with Crippen LogP contribution in [0.4, 0.5) is 11.6 Å². The molecule has 20 heavy (non-hydrogen) atoms. The summed E-state index contributed by atoms with van der Waals surface area (Å²) in [6.45, 7) is 6.64. The van der Waals surface area contributed by atoms with Crippen molar-refractivity contribution in [1.29, 1.82) is 0 Å². The van der Waals surface area contributed by atoms with E-state index in [0.717, 1.165) is 5.76 Å². The minimum atomic E-state index is -0.113. The van der Waals surface area contributed by atoms with E-state index < -0.39 is 0 Å². The molecule has 7 heteroatoms. The second-order valence-electron chi connectivity index (χ2n) is 4.41. The lowest BCUT2D eigenvalue weighted by Gasteiger charge is -2.12. The van der Waals surface area contributed by atoms with Crippen molar-refractivity contribution in [3.8, 4) is 0 Å². The second kappa shape index (κ2) is 6.33. The van der Waals surface area contributed by atoms with Gasteiger partial charge in [0.2, 0.25) is 5.89 Å². The smallest absolute Gasteiger partial charge is 0.216 e. The predicted molar refractivity (Wildman–Crippen MR) is 75.1 cm³/mol. The number of nitrogens with zero attached hydrogens (tertiary/aromatic N) is 3. The molecule has 1 unspecified atom stereocenters. The average Bonchev–Trinajstić information content (AvgIpc) is 2.82. The fourth-order valence-corrected chi connectivity index (χ4v) is 1.71. The highest BCUT2D eigenvalue weighted by atomic mass is 16.5. The summed E-state index contributed by atoms with van der Waals surface area (Å²) in [7, 11) is 0. The summed E-state index contributed by atoms with van der Waals surface area (Å²) in [6.07, 6.45) is 1.68. The molecule has 0 spiro atoms. The van der Waals surface area contributed by atoms with Crippen LogP contribution in [0.3, 0.4) is 0 Å². The molecular formula is C13H19N5O2. The molecule has 0 saturated heterocycles. The van der Waals surface area contributed by atoms with E-state index in [1.165, 1.54) is 0 Å². The third-order valence-electron chi connectivity index (χ3n) is 2.60. The van der Waals surface area contributed by atoms with Crippen LogP contribution in [0.1, 0.15) is 37.4 Å². The van der Waals surface area contributed by atoms with Crippen LogP contribution in [-0.2, 0) is 11.3 Å². The van der Waals surface area contributed by atoms with Gasteiger partial charge in [0.25, 0.3) is 0 Å². The molecule has 0 bridgehead atoms. The highest BCUT2D eigenvalue weighted by Crippen LogP contribution is 2.18. The van der Waals surface area contributed by atoms with Crippen LogP contribution in [0.5, 0.6) is 0 Å². The van der Waals surface area contributed by atoms with Crippen LogP contribution in [0.25, 0.3) is 0 Å². The van der Waals surface area contributed by atoms with E-state index in [9.17, 15) is 0 Å². The van der Waals surface area contributed by atoms with E-state index >= 15 is 0 Å². The number of ether oxygens (including phenoxy) is 1. The maximum Gasteiger partial charge on any atom is 0.216 e. The Balaban J connectivity index is 2.10. The van der Waals surface area contributed by atoms with Crippen LogP contribution >= 0.6 is 0 Å². The largest absolute Gasteiger partial charge is 0.444 e. The van der Waals surface area contributed by atoms with Crippen molar-refractivity contribution in [2.45, 2.75) is 33.4 Å². The first-order valence-corrected chi connectivity index (χ1v) is 6.48. The molecule has 3 N–H and O–H groups in total. The molecule has 0 aliphatic heterocycles. The van der Waals surface area contributed by atoms with Crippen molar-refractivity contribution >= 4 is 11.6 Å². The lowest BCUT2D eigenvalue weighted by molar-refractivity contribution is 0.128. The summed E-state index contributed by atoms with van der Waals surface area (Å²) in [5, 5.41) is 3.19. The zero-order chi connectivity index (χ0) is 14.5. The Morgan fingerprint density at radius 1 is 1.45 bits per heavy atom. The van der Waals surface area contributed by atoms with Gasteiger partial charge in [-0.1, -0.05) is 0 Å². The summed E-state index contributed by atoms with van der Waals surface area (Å²) in [4.78, 5) is 12.6. The van der Waals surface area contributed by atoms with Crippen LogP contribution in [0.15, 0.2) is 16.7 Å². The number of anilines is 2. The van der Waals surface area contributed by atoms with E-state index in [1.807, 2.05) is 20.8 Å². The van der Waals surface area contributed by atoms with E-state index in [4.69, 9.17) is 14.9 Å². The Labute approximate surface area is 117 Å². The first kappa shape index (κ1) is 14.3. The van der Waals surface area contributed by atoms with Gasteiger partial charge in [-0.15, -0.1) is 0 Å². The molecule has 0 saturated carbocycles. The van der Waals surface area contributed by atoms with Crippen molar-refractivity contribution in [3.63, 3.8) is 0 Å².